The van der Waals surface area contributed by atoms with Gasteiger partial charge in [0.05, 0.1) is 0 Å². The molecular weight excluding hydrogens is 379 g/mol. The lowest BCUT2D eigenvalue weighted by molar-refractivity contribution is -0.141. The van der Waals surface area contributed by atoms with E-state index in [4.69, 9.17) is 16.3 Å². The van der Waals surface area contributed by atoms with Crippen LogP contribution in [-0.2, 0) is 6.18 Å². The number of thiazole rings is 1. The first-order valence-corrected chi connectivity index (χ1v) is 7.87. The zero-order chi connectivity index (χ0) is 18.0. The molecule has 25 heavy (non-hydrogen) atoms. The monoisotopic (exact) mass is 385 g/mol. The summed E-state index contributed by atoms with van der Waals surface area (Å²) < 4.78 is 44.6. The zero-order valence-electron chi connectivity index (χ0n) is 12.1. The highest BCUT2D eigenvalue weighted by atomic mass is 35.5. The second-order valence-electron chi connectivity index (χ2n) is 4.61. The summed E-state index contributed by atoms with van der Waals surface area (Å²) in [7, 11) is 0. The zero-order valence-corrected chi connectivity index (χ0v) is 13.7. The molecule has 0 amide bonds. The quantitative estimate of drug-likeness (QED) is 0.491. The average Bonchev–Trinajstić information content (AvgIpc) is 3.01. The number of benzene rings is 1. The van der Waals surface area contributed by atoms with Crippen LogP contribution in [0.2, 0.25) is 5.02 Å². The van der Waals surface area contributed by atoms with E-state index in [1.54, 1.807) is 0 Å². The molecule has 0 fully saturated rings. The minimum atomic E-state index is -4.83. The first-order chi connectivity index (χ1) is 11.8. The van der Waals surface area contributed by atoms with Crippen molar-refractivity contribution in [2.45, 2.75) is 6.18 Å². The Morgan fingerprint density at radius 1 is 1.16 bits per heavy atom. The van der Waals surface area contributed by atoms with Gasteiger partial charge in [-0.15, -0.1) is 11.3 Å². The molecule has 1 aromatic carbocycles. The van der Waals surface area contributed by atoms with Crippen molar-refractivity contribution < 1.29 is 22.7 Å². The van der Waals surface area contributed by atoms with E-state index in [1.807, 2.05) is 0 Å². The Hall–Kier alpha value is -2.52. The number of hydrogen-bond donors (Lipinski definition) is 0. The van der Waals surface area contributed by atoms with Crippen molar-refractivity contribution in [2.24, 2.45) is 0 Å². The maximum atomic E-state index is 13.2. The molecule has 0 aliphatic rings. The van der Waals surface area contributed by atoms with Crippen LogP contribution in [0.1, 0.15) is 15.4 Å². The Morgan fingerprint density at radius 3 is 2.52 bits per heavy atom. The minimum Gasteiger partial charge on any atom is -0.422 e. The highest BCUT2D eigenvalue weighted by Crippen LogP contribution is 2.37. The lowest BCUT2D eigenvalue weighted by Gasteiger charge is -2.06. The third-order valence-corrected chi connectivity index (χ3v) is 4.11. The molecule has 128 valence electrons. The predicted molar refractivity (Wildman–Crippen MR) is 84.6 cm³/mol. The molecule has 2 aromatic heterocycles. The molecule has 0 aliphatic carbocycles. The second kappa shape index (κ2) is 6.77. The van der Waals surface area contributed by atoms with Gasteiger partial charge >= 0.3 is 12.1 Å². The SMILES string of the molecule is O=C(Oc1cccc(Cl)c1)c1sc(-c2ncccn2)nc1C(F)(F)F. The van der Waals surface area contributed by atoms with E-state index in [0.29, 0.717) is 11.3 Å². The van der Waals surface area contributed by atoms with Gasteiger partial charge in [0.1, 0.15) is 10.6 Å². The van der Waals surface area contributed by atoms with Crippen LogP contribution in [0.4, 0.5) is 13.2 Å². The Kier molecular flexibility index (Phi) is 4.69. The lowest BCUT2D eigenvalue weighted by Crippen LogP contribution is -2.15. The summed E-state index contributed by atoms with van der Waals surface area (Å²) in [6.07, 6.45) is -2.10. The van der Waals surface area contributed by atoms with Crippen LogP contribution in [0, 0.1) is 0 Å². The number of rotatable bonds is 3. The van der Waals surface area contributed by atoms with Crippen molar-refractivity contribution in [2.75, 3.05) is 0 Å². The van der Waals surface area contributed by atoms with Gasteiger partial charge in [0.2, 0.25) is 0 Å². The minimum absolute atomic E-state index is 0.0141. The molecular formula is C15H7ClF3N3O2S. The molecule has 0 spiro atoms. The van der Waals surface area contributed by atoms with Crippen LogP contribution in [0.25, 0.3) is 10.8 Å². The fraction of sp³-hybridized carbons (Fsp3) is 0.0667. The van der Waals surface area contributed by atoms with Crippen LogP contribution >= 0.6 is 22.9 Å². The van der Waals surface area contributed by atoms with Crippen LogP contribution in [0.5, 0.6) is 5.75 Å². The van der Waals surface area contributed by atoms with Gasteiger partial charge in [-0.3, -0.25) is 0 Å². The van der Waals surface area contributed by atoms with Crippen LogP contribution in [-0.4, -0.2) is 20.9 Å². The van der Waals surface area contributed by atoms with Gasteiger partial charge in [0, 0.05) is 17.4 Å². The molecule has 0 bridgehead atoms. The maximum Gasteiger partial charge on any atom is 0.435 e. The van der Waals surface area contributed by atoms with E-state index in [2.05, 4.69) is 15.0 Å². The molecule has 3 aromatic rings. The summed E-state index contributed by atoms with van der Waals surface area (Å²) >= 11 is 6.27. The molecule has 0 saturated carbocycles. The molecule has 3 rings (SSSR count). The molecule has 0 aliphatic heterocycles. The van der Waals surface area contributed by atoms with E-state index in [9.17, 15) is 18.0 Å². The number of hydrogen-bond acceptors (Lipinski definition) is 6. The van der Waals surface area contributed by atoms with Gasteiger partial charge in [-0.1, -0.05) is 17.7 Å². The van der Waals surface area contributed by atoms with Crippen molar-refractivity contribution in [3.05, 3.63) is 58.3 Å². The summed E-state index contributed by atoms with van der Waals surface area (Å²) in [5, 5.41) is 0.148. The lowest BCUT2D eigenvalue weighted by atomic mass is 10.3. The number of ether oxygens (including phenoxy) is 1. The van der Waals surface area contributed by atoms with Gasteiger partial charge < -0.3 is 4.74 Å². The van der Waals surface area contributed by atoms with Crippen LogP contribution in [0.3, 0.4) is 0 Å². The van der Waals surface area contributed by atoms with E-state index >= 15 is 0 Å². The smallest absolute Gasteiger partial charge is 0.422 e. The molecule has 0 unspecified atom stereocenters. The van der Waals surface area contributed by atoms with Crippen molar-refractivity contribution in [3.63, 3.8) is 0 Å². The van der Waals surface area contributed by atoms with Crippen LogP contribution in [0.15, 0.2) is 42.7 Å². The fourth-order valence-corrected chi connectivity index (χ4v) is 2.93. The summed E-state index contributed by atoms with van der Waals surface area (Å²) in [5.74, 6) is -1.18. The largest absolute Gasteiger partial charge is 0.435 e. The molecule has 2 heterocycles. The van der Waals surface area contributed by atoms with Crippen LogP contribution < -0.4 is 4.74 Å². The molecule has 10 heteroatoms. The summed E-state index contributed by atoms with van der Waals surface area (Å²) in [5.41, 5.74) is -1.34. The van der Waals surface area contributed by atoms with Gasteiger partial charge in [-0.2, -0.15) is 13.2 Å². The highest BCUT2D eigenvalue weighted by molar-refractivity contribution is 7.17. The van der Waals surface area contributed by atoms with E-state index in [1.165, 1.54) is 42.7 Å². The summed E-state index contributed by atoms with van der Waals surface area (Å²) in [4.78, 5) is 22.7. The van der Waals surface area contributed by atoms with E-state index < -0.39 is 22.7 Å². The van der Waals surface area contributed by atoms with Gasteiger partial charge in [-0.25, -0.2) is 19.7 Å². The molecule has 5 nitrogen and oxygen atoms in total. The number of halogens is 4. The van der Waals surface area contributed by atoms with E-state index in [-0.39, 0.29) is 21.6 Å². The Morgan fingerprint density at radius 2 is 1.88 bits per heavy atom. The average molecular weight is 386 g/mol. The fourth-order valence-electron chi connectivity index (χ4n) is 1.84. The number of esters is 1. The number of carbonyl (C=O) groups is 1. The third kappa shape index (κ3) is 3.94. The molecule has 0 saturated heterocycles. The Balaban J connectivity index is 1.99. The highest BCUT2D eigenvalue weighted by Gasteiger charge is 2.40. The topological polar surface area (TPSA) is 65.0 Å². The summed E-state index contributed by atoms with van der Waals surface area (Å²) in [6, 6.07) is 7.27. The molecule has 0 radical (unpaired) electrons. The first kappa shape index (κ1) is 17.3. The van der Waals surface area contributed by atoms with Crippen molar-refractivity contribution in [1.29, 1.82) is 0 Å². The van der Waals surface area contributed by atoms with Crippen molar-refractivity contribution >= 4 is 28.9 Å². The maximum absolute atomic E-state index is 13.2. The summed E-state index contributed by atoms with van der Waals surface area (Å²) in [6.45, 7) is 0. The normalized spacial score (nSPS) is 11.4. The Bertz CT molecular complexity index is 916. The third-order valence-electron chi connectivity index (χ3n) is 2.84. The first-order valence-electron chi connectivity index (χ1n) is 6.68. The van der Waals surface area contributed by atoms with Crippen molar-refractivity contribution in [1.82, 2.24) is 15.0 Å². The number of aromatic nitrogens is 3. The number of carbonyl (C=O) groups excluding carboxylic acids is 1. The molecule has 0 atom stereocenters. The van der Waals surface area contributed by atoms with Gasteiger partial charge in [-0.05, 0) is 24.3 Å². The van der Waals surface area contributed by atoms with Gasteiger partial charge in [0.15, 0.2) is 16.5 Å². The number of nitrogens with zero attached hydrogens (tertiary/aromatic N) is 3. The van der Waals surface area contributed by atoms with Gasteiger partial charge in [0.25, 0.3) is 0 Å². The standard InChI is InChI=1S/C15H7ClF3N3O2S/c16-8-3-1-4-9(7-8)24-14(23)10-11(15(17,18)19)22-13(25-10)12-20-5-2-6-21-12/h1-7H. The van der Waals surface area contributed by atoms with Crippen molar-refractivity contribution in [3.8, 4) is 16.6 Å². The van der Waals surface area contributed by atoms with E-state index in [0.717, 1.165) is 0 Å². The molecule has 0 N–H and O–H groups in total. The second-order valence-corrected chi connectivity index (χ2v) is 6.05. The Labute approximate surface area is 148 Å². The number of alkyl halides is 3. The predicted octanol–water partition coefficient (Wildman–Crippen LogP) is 4.49.